The first kappa shape index (κ1) is 24.4. The molecule has 0 bridgehead atoms. The molecule has 0 aromatic carbocycles. The predicted molar refractivity (Wildman–Crippen MR) is 114 cm³/mol. The summed E-state index contributed by atoms with van der Waals surface area (Å²) in [4.78, 5) is 52.0. The lowest BCUT2D eigenvalue weighted by molar-refractivity contribution is 0.00207. The Bertz CT molecular complexity index is 1160. The van der Waals surface area contributed by atoms with Gasteiger partial charge in [-0.3, -0.25) is 14.4 Å². The summed E-state index contributed by atoms with van der Waals surface area (Å²) >= 11 is 0. The van der Waals surface area contributed by atoms with Gasteiger partial charge in [0.1, 0.15) is 17.6 Å². The van der Waals surface area contributed by atoms with Gasteiger partial charge in [0.05, 0.1) is 26.3 Å². The summed E-state index contributed by atoms with van der Waals surface area (Å²) < 4.78 is 48.5. The number of carbonyl (C=O) groups is 3. The van der Waals surface area contributed by atoms with Crippen LogP contribution in [0.2, 0.25) is 0 Å². The van der Waals surface area contributed by atoms with Crippen molar-refractivity contribution < 1.29 is 42.1 Å². The Morgan fingerprint density at radius 1 is 1.31 bits per heavy atom. The zero-order chi connectivity index (χ0) is 25.3. The maximum Gasteiger partial charge on any atom is 0.510 e. The number of nitrogens with zero attached hydrogens (tertiary/aromatic N) is 2. The predicted octanol–water partition coefficient (Wildman–Crippen LogP) is 1.28. The molecule has 35 heavy (non-hydrogen) atoms. The van der Waals surface area contributed by atoms with Gasteiger partial charge < -0.3 is 33.7 Å². The van der Waals surface area contributed by atoms with E-state index in [-0.39, 0.29) is 30.4 Å². The molecule has 2 amide bonds. The highest BCUT2D eigenvalue weighted by molar-refractivity contribution is 5.99. The van der Waals surface area contributed by atoms with Gasteiger partial charge in [-0.1, -0.05) is 6.08 Å². The van der Waals surface area contributed by atoms with Gasteiger partial charge in [0, 0.05) is 18.7 Å². The number of halogens is 2. The number of fused-ring (bicyclic) bond motifs is 2. The fourth-order valence-electron chi connectivity index (χ4n) is 4.09. The third-order valence-electron chi connectivity index (χ3n) is 5.86. The van der Waals surface area contributed by atoms with Crippen LogP contribution in [0.1, 0.15) is 27.8 Å². The van der Waals surface area contributed by atoms with Gasteiger partial charge in [0.15, 0.2) is 11.9 Å². The van der Waals surface area contributed by atoms with E-state index in [9.17, 15) is 28.0 Å². The number of methoxy groups -OCH3 is 1. The molecule has 1 fully saturated rings. The quantitative estimate of drug-likeness (QED) is 0.462. The van der Waals surface area contributed by atoms with Crippen LogP contribution < -0.4 is 15.5 Å². The first-order chi connectivity index (χ1) is 16.7. The fraction of sp³-hybridized carbons (Fsp3) is 0.455. The summed E-state index contributed by atoms with van der Waals surface area (Å²) in [7, 11) is 1.08. The Hall–Kier alpha value is -3.74. The third-order valence-corrected chi connectivity index (χ3v) is 5.86. The number of allylic oxidation sites excluding steroid dienone is 3. The van der Waals surface area contributed by atoms with Crippen LogP contribution in [0.3, 0.4) is 0 Å². The highest BCUT2D eigenvalue weighted by Gasteiger charge is 2.43. The number of aromatic nitrogens is 1. The first-order valence-corrected chi connectivity index (χ1v) is 10.7. The molecular weight excluding hydrogens is 472 g/mol. The van der Waals surface area contributed by atoms with E-state index in [1.807, 2.05) is 0 Å². The van der Waals surface area contributed by atoms with Crippen LogP contribution in [0, 0.1) is 5.92 Å². The Morgan fingerprint density at radius 3 is 2.80 bits per heavy atom. The lowest BCUT2D eigenvalue weighted by Crippen LogP contribution is -2.49. The standard InChI is InChI=1S/C22H23F2N3O8/c1-11-9-33-16-8-26-7-14(20(29)25-6-12-3-4-13(23)5-15(12)24)18(28)19(17(26)21(30)27(11)16)34-10-35-22(31)32-2/h3-5,7,11-12,15-16H,6,8-10H2,1-2H3,(H,25,29)/t11-,12?,15?,16+/m0/s1. The molecule has 4 rings (SSSR count). The lowest BCUT2D eigenvalue weighted by Gasteiger charge is -2.34. The van der Waals surface area contributed by atoms with E-state index in [0.717, 1.165) is 19.3 Å². The van der Waals surface area contributed by atoms with Crippen molar-refractivity contribution in [3.8, 4) is 5.75 Å². The molecule has 4 atom stereocenters. The summed E-state index contributed by atoms with van der Waals surface area (Å²) in [6.07, 6.45) is 1.03. The number of carbonyl (C=O) groups excluding carboxylic acids is 3. The van der Waals surface area contributed by atoms with Crippen molar-refractivity contribution in [3.05, 3.63) is 51.7 Å². The van der Waals surface area contributed by atoms with Crippen LogP contribution in [0.4, 0.5) is 13.6 Å². The van der Waals surface area contributed by atoms with E-state index in [1.54, 1.807) is 6.92 Å². The number of pyridine rings is 1. The molecule has 3 heterocycles. The number of nitrogens with one attached hydrogen (secondary N) is 1. The van der Waals surface area contributed by atoms with E-state index in [4.69, 9.17) is 9.47 Å². The average molecular weight is 495 g/mol. The monoisotopic (exact) mass is 495 g/mol. The molecule has 0 saturated carbocycles. The van der Waals surface area contributed by atoms with E-state index in [2.05, 4.69) is 14.8 Å². The summed E-state index contributed by atoms with van der Waals surface area (Å²) in [6, 6.07) is -0.255. The number of rotatable bonds is 6. The van der Waals surface area contributed by atoms with Gasteiger partial charge in [-0.15, -0.1) is 0 Å². The minimum Gasteiger partial charge on any atom is -0.451 e. The molecule has 11 nitrogen and oxygen atoms in total. The summed E-state index contributed by atoms with van der Waals surface area (Å²) in [5.41, 5.74) is -1.44. The second kappa shape index (κ2) is 9.86. The smallest absolute Gasteiger partial charge is 0.451 e. The summed E-state index contributed by atoms with van der Waals surface area (Å²) in [5.74, 6) is -3.44. The van der Waals surface area contributed by atoms with Crippen LogP contribution >= 0.6 is 0 Å². The van der Waals surface area contributed by atoms with E-state index < -0.39 is 60.1 Å². The molecule has 0 radical (unpaired) electrons. The molecule has 0 spiro atoms. The highest BCUT2D eigenvalue weighted by Crippen LogP contribution is 2.30. The fourth-order valence-corrected chi connectivity index (χ4v) is 4.09. The maximum absolute atomic E-state index is 14.0. The maximum atomic E-state index is 14.0. The molecule has 1 aromatic rings. The van der Waals surface area contributed by atoms with E-state index in [1.165, 1.54) is 21.7 Å². The molecular formula is C22H23F2N3O8. The minimum atomic E-state index is -1.65. The molecule has 3 aliphatic rings. The van der Waals surface area contributed by atoms with Crippen molar-refractivity contribution in [1.29, 1.82) is 0 Å². The minimum absolute atomic E-state index is 0.113. The first-order valence-electron chi connectivity index (χ1n) is 10.7. The number of ether oxygens (including phenoxy) is 4. The van der Waals surface area contributed by atoms with Crippen molar-refractivity contribution in [2.24, 2.45) is 5.92 Å². The van der Waals surface area contributed by atoms with Crippen LogP contribution in [0.15, 0.2) is 35.0 Å². The number of alkyl halides is 1. The zero-order valence-corrected chi connectivity index (χ0v) is 18.9. The third kappa shape index (κ3) is 4.76. The number of amides is 2. The SMILES string of the molecule is COC(=O)OCOc1c2n(cc(C(=O)NCC3C=CC(F)=CC3F)c1=O)C[C@H]1OC[C@H](C)N1C2=O. The van der Waals surface area contributed by atoms with Gasteiger partial charge >= 0.3 is 6.16 Å². The van der Waals surface area contributed by atoms with Gasteiger partial charge in [-0.05, 0) is 19.1 Å². The van der Waals surface area contributed by atoms with Gasteiger partial charge in [-0.2, -0.15) is 0 Å². The summed E-state index contributed by atoms with van der Waals surface area (Å²) in [6.45, 7) is 1.23. The second-order valence-corrected chi connectivity index (χ2v) is 8.14. The Morgan fingerprint density at radius 2 is 2.09 bits per heavy atom. The molecule has 1 N–H and O–H groups in total. The van der Waals surface area contributed by atoms with Crippen molar-refractivity contribution in [1.82, 2.24) is 14.8 Å². The van der Waals surface area contributed by atoms with Crippen molar-refractivity contribution >= 4 is 18.0 Å². The Balaban J connectivity index is 1.63. The molecule has 2 unspecified atom stereocenters. The van der Waals surface area contributed by atoms with Crippen molar-refractivity contribution in [3.63, 3.8) is 0 Å². The highest BCUT2D eigenvalue weighted by atomic mass is 19.1. The second-order valence-electron chi connectivity index (χ2n) is 8.14. The normalized spacial score (nSPS) is 24.9. The van der Waals surface area contributed by atoms with Crippen LogP contribution in [0.25, 0.3) is 0 Å². The Labute approximate surface area is 197 Å². The molecule has 1 aliphatic carbocycles. The molecule has 1 aromatic heterocycles. The molecule has 1 saturated heterocycles. The van der Waals surface area contributed by atoms with Gasteiger partial charge in [0.25, 0.3) is 11.8 Å². The topological polar surface area (TPSA) is 125 Å². The number of hydrogen-bond donors (Lipinski definition) is 1. The van der Waals surface area contributed by atoms with Crippen LogP contribution in [-0.2, 0) is 20.8 Å². The van der Waals surface area contributed by atoms with Crippen LogP contribution in [-0.4, -0.2) is 72.9 Å². The average Bonchev–Trinajstić information content (AvgIpc) is 3.20. The summed E-state index contributed by atoms with van der Waals surface area (Å²) in [5, 5.41) is 2.45. The molecule has 2 aliphatic heterocycles. The lowest BCUT2D eigenvalue weighted by atomic mass is 9.98. The molecule has 188 valence electrons. The Kier molecular flexibility index (Phi) is 6.87. The van der Waals surface area contributed by atoms with E-state index >= 15 is 0 Å². The zero-order valence-electron chi connectivity index (χ0n) is 18.9. The van der Waals surface area contributed by atoms with E-state index in [0.29, 0.717) is 6.61 Å². The van der Waals surface area contributed by atoms with Crippen molar-refractivity contribution in [2.75, 3.05) is 27.1 Å². The van der Waals surface area contributed by atoms with Crippen molar-refractivity contribution in [2.45, 2.75) is 31.9 Å². The van der Waals surface area contributed by atoms with Gasteiger partial charge in [-0.25, -0.2) is 13.6 Å². The van der Waals surface area contributed by atoms with Gasteiger partial charge in [0.2, 0.25) is 18.0 Å². The largest absolute Gasteiger partial charge is 0.510 e. The number of hydrogen-bond acceptors (Lipinski definition) is 8. The van der Waals surface area contributed by atoms with Crippen LogP contribution in [0.5, 0.6) is 5.75 Å². The molecule has 13 heteroatoms.